The molecule has 4 rings (SSSR count). The molecule has 0 aromatic carbocycles. The van der Waals surface area contributed by atoms with Crippen LogP contribution in [0.25, 0.3) is 0 Å². The molecule has 0 amide bonds. The second-order valence-corrected chi connectivity index (χ2v) is 15.0. The highest BCUT2D eigenvalue weighted by atomic mass is 32.3. The van der Waals surface area contributed by atoms with Gasteiger partial charge in [-0.3, -0.25) is 9.11 Å². The van der Waals surface area contributed by atoms with Gasteiger partial charge in [-0.25, -0.2) is 8.37 Å². The summed E-state index contributed by atoms with van der Waals surface area (Å²) in [4.78, 5) is 0. The molecule has 3 fully saturated rings. The van der Waals surface area contributed by atoms with Crippen LogP contribution in [0.15, 0.2) is 23.8 Å². The van der Waals surface area contributed by atoms with Gasteiger partial charge >= 0.3 is 20.8 Å². The summed E-state index contributed by atoms with van der Waals surface area (Å²) in [5.74, 6) is 1.75. The van der Waals surface area contributed by atoms with Crippen LogP contribution < -0.4 is 0 Å². The molecule has 11 heteroatoms. The zero-order valence-corrected chi connectivity index (χ0v) is 24.5. The number of aliphatic hydroxyl groups excluding tert-OH is 1. The third-order valence-corrected chi connectivity index (χ3v) is 11.3. The van der Waals surface area contributed by atoms with Gasteiger partial charge in [0.1, 0.15) is 12.2 Å². The lowest BCUT2D eigenvalue weighted by Gasteiger charge is -2.59. The zero-order chi connectivity index (χ0) is 28.1. The Morgan fingerprint density at radius 2 is 1.74 bits per heavy atom. The van der Waals surface area contributed by atoms with E-state index in [1.807, 2.05) is 0 Å². The van der Waals surface area contributed by atoms with Gasteiger partial charge in [0, 0.05) is 5.92 Å². The van der Waals surface area contributed by atoms with E-state index >= 15 is 0 Å². The van der Waals surface area contributed by atoms with E-state index in [9.17, 15) is 26.5 Å². The molecule has 38 heavy (non-hydrogen) atoms. The molecule has 4 aliphatic rings. The quantitative estimate of drug-likeness (QED) is 0.261. The maximum absolute atomic E-state index is 11.4. The average molecular weight is 577 g/mol. The fourth-order valence-corrected chi connectivity index (χ4v) is 9.55. The van der Waals surface area contributed by atoms with Crippen LogP contribution in [-0.4, -0.2) is 49.9 Å². The molecular formula is C27H44O9S2. The fraction of sp³-hybridized carbons (Fsp3) is 0.852. The summed E-state index contributed by atoms with van der Waals surface area (Å²) in [6, 6.07) is 0. The SMILES string of the molecule is CC(C)C/C=C/[C@@H](COS(=O)(=O)O)[C@H]1CCC2C3CC=C4[C@@H](O)[C@H](OS(=O)(=O)O)CC[C@]4(C)C3CC[C@@]21C. The highest BCUT2D eigenvalue weighted by Crippen LogP contribution is 2.67. The number of hydrogen-bond acceptors (Lipinski definition) is 7. The average Bonchev–Trinajstić information content (AvgIpc) is 3.14. The predicted octanol–water partition coefficient (Wildman–Crippen LogP) is 4.76. The van der Waals surface area contributed by atoms with Gasteiger partial charge < -0.3 is 5.11 Å². The smallest absolute Gasteiger partial charge is 0.386 e. The first-order chi connectivity index (χ1) is 17.6. The molecule has 0 aromatic rings. The van der Waals surface area contributed by atoms with Gasteiger partial charge in [-0.15, -0.1) is 0 Å². The van der Waals surface area contributed by atoms with Gasteiger partial charge in [0.05, 0.1) is 6.61 Å². The molecule has 0 spiro atoms. The maximum atomic E-state index is 11.4. The topological polar surface area (TPSA) is 147 Å². The summed E-state index contributed by atoms with van der Waals surface area (Å²) in [5, 5.41) is 11.0. The first-order valence-electron chi connectivity index (χ1n) is 13.9. The number of rotatable bonds is 9. The molecule has 9 atom stereocenters. The van der Waals surface area contributed by atoms with E-state index in [2.05, 4.69) is 45.9 Å². The highest BCUT2D eigenvalue weighted by molar-refractivity contribution is 7.81. The Morgan fingerprint density at radius 3 is 2.37 bits per heavy atom. The van der Waals surface area contributed by atoms with Gasteiger partial charge in [0.15, 0.2) is 0 Å². The largest absolute Gasteiger partial charge is 0.397 e. The van der Waals surface area contributed by atoms with E-state index in [4.69, 9.17) is 12.9 Å². The van der Waals surface area contributed by atoms with Crippen LogP contribution in [0, 0.1) is 46.3 Å². The molecule has 0 bridgehead atoms. The second kappa shape index (κ2) is 10.9. The van der Waals surface area contributed by atoms with E-state index in [1.165, 1.54) is 0 Å². The molecule has 3 unspecified atom stereocenters. The Balaban J connectivity index is 1.57. The minimum atomic E-state index is -4.65. The maximum Gasteiger partial charge on any atom is 0.397 e. The van der Waals surface area contributed by atoms with Crippen LogP contribution in [0.5, 0.6) is 0 Å². The van der Waals surface area contributed by atoms with Gasteiger partial charge in [0.2, 0.25) is 0 Å². The third kappa shape index (κ3) is 6.09. The van der Waals surface area contributed by atoms with E-state index in [1.54, 1.807) is 0 Å². The molecule has 3 saturated carbocycles. The van der Waals surface area contributed by atoms with E-state index in [0.717, 1.165) is 44.1 Å². The van der Waals surface area contributed by atoms with Crippen molar-refractivity contribution in [2.24, 2.45) is 46.3 Å². The van der Waals surface area contributed by atoms with Crippen molar-refractivity contribution in [3.05, 3.63) is 23.8 Å². The van der Waals surface area contributed by atoms with E-state index < -0.39 is 33.0 Å². The van der Waals surface area contributed by atoms with Crippen LogP contribution in [0.2, 0.25) is 0 Å². The summed E-state index contributed by atoms with van der Waals surface area (Å²) in [6.45, 7) is 8.70. The Morgan fingerprint density at radius 1 is 1.03 bits per heavy atom. The highest BCUT2D eigenvalue weighted by Gasteiger charge is 2.60. The molecule has 0 aliphatic heterocycles. The fourth-order valence-electron chi connectivity index (χ4n) is 8.70. The van der Waals surface area contributed by atoms with Gasteiger partial charge in [-0.2, -0.15) is 16.8 Å². The minimum Gasteiger partial charge on any atom is -0.386 e. The number of allylic oxidation sites excluding steroid dienone is 2. The molecule has 0 saturated heterocycles. The van der Waals surface area contributed by atoms with Crippen molar-refractivity contribution in [2.75, 3.05) is 6.61 Å². The Bertz CT molecular complexity index is 1150. The molecule has 9 nitrogen and oxygen atoms in total. The van der Waals surface area contributed by atoms with Crippen molar-refractivity contribution >= 4 is 20.8 Å². The standard InChI is InChI=1S/C27H44O9S2/c1-17(2)6-5-7-18(16-35-37(29,30)31)20-10-11-21-19-8-9-23-25(28)24(36-38(32,33)34)13-15-27(23,4)22(19)12-14-26(20,21)3/h5,7,9,17-22,24-25,28H,6,8,10-16H2,1-4H3,(H,29,30,31)(H,32,33,34)/b7-5+/t18-,19?,20+,21?,22?,24+,25+,26+,27+/m0/s1. The number of fused-ring (bicyclic) bond motifs is 5. The Hall–Kier alpha value is -0.820. The minimum absolute atomic E-state index is 0.0117. The summed E-state index contributed by atoms with van der Waals surface area (Å²) < 4.78 is 73.5. The van der Waals surface area contributed by atoms with Crippen LogP contribution in [0.4, 0.5) is 0 Å². The predicted molar refractivity (Wildman–Crippen MR) is 143 cm³/mol. The third-order valence-electron chi connectivity index (χ3n) is 10.4. The first-order valence-corrected chi connectivity index (χ1v) is 16.6. The van der Waals surface area contributed by atoms with Crippen LogP contribution in [0.3, 0.4) is 0 Å². The molecule has 0 radical (unpaired) electrons. The lowest BCUT2D eigenvalue weighted by Crippen LogP contribution is -2.54. The van der Waals surface area contributed by atoms with Crippen molar-refractivity contribution in [1.29, 1.82) is 0 Å². The van der Waals surface area contributed by atoms with Crippen LogP contribution >= 0.6 is 0 Å². The zero-order valence-electron chi connectivity index (χ0n) is 22.8. The molecule has 4 aliphatic carbocycles. The monoisotopic (exact) mass is 576 g/mol. The van der Waals surface area contributed by atoms with Crippen molar-refractivity contribution in [3.8, 4) is 0 Å². The molecule has 0 aromatic heterocycles. The first kappa shape index (κ1) is 30.1. The van der Waals surface area contributed by atoms with Crippen molar-refractivity contribution in [2.45, 2.75) is 91.3 Å². The lowest BCUT2D eigenvalue weighted by atomic mass is 9.46. The molecule has 3 N–H and O–H groups in total. The second-order valence-electron chi connectivity index (χ2n) is 12.9. The van der Waals surface area contributed by atoms with Crippen molar-refractivity contribution in [3.63, 3.8) is 0 Å². The number of hydrogen-bond donors (Lipinski definition) is 3. The van der Waals surface area contributed by atoms with Crippen molar-refractivity contribution < 1.29 is 39.4 Å². The lowest BCUT2D eigenvalue weighted by molar-refractivity contribution is -0.0761. The summed E-state index contributed by atoms with van der Waals surface area (Å²) >= 11 is 0. The van der Waals surface area contributed by atoms with Gasteiger partial charge in [-0.1, -0.05) is 45.9 Å². The summed E-state index contributed by atoms with van der Waals surface area (Å²) in [5.41, 5.74) is 0.543. The number of aliphatic hydroxyl groups is 1. The molecule has 218 valence electrons. The van der Waals surface area contributed by atoms with Crippen LogP contribution in [-0.2, 0) is 29.2 Å². The van der Waals surface area contributed by atoms with E-state index in [0.29, 0.717) is 36.5 Å². The summed E-state index contributed by atoms with van der Waals surface area (Å²) in [6.07, 6.45) is 10.8. The Kier molecular flexibility index (Phi) is 8.62. The summed E-state index contributed by atoms with van der Waals surface area (Å²) in [7, 11) is -9.18. The Labute approximate surface area is 228 Å². The van der Waals surface area contributed by atoms with Crippen LogP contribution in [0.1, 0.15) is 79.1 Å². The van der Waals surface area contributed by atoms with Gasteiger partial charge in [0.25, 0.3) is 0 Å². The normalized spacial score (nSPS) is 40.5. The van der Waals surface area contributed by atoms with Gasteiger partial charge in [-0.05, 0) is 97.4 Å². The molecular weight excluding hydrogens is 532 g/mol. The van der Waals surface area contributed by atoms with Crippen molar-refractivity contribution in [1.82, 2.24) is 0 Å². The molecule has 0 heterocycles. The van der Waals surface area contributed by atoms with E-state index in [-0.39, 0.29) is 29.3 Å².